The Morgan fingerprint density at radius 1 is 0.955 bits per heavy atom. The van der Waals surface area contributed by atoms with Gasteiger partial charge in [0.05, 0.1) is 11.0 Å². The molecule has 0 fully saturated rings. The quantitative estimate of drug-likeness (QED) is 0.833. The highest BCUT2D eigenvalue weighted by Crippen LogP contribution is 2.35. The van der Waals surface area contributed by atoms with Gasteiger partial charge in [0.25, 0.3) is 0 Å². The second-order valence-electron chi connectivity index (χ2n) is 5.08. The minimum atomic E-state index is -0.309. The number of hydrogen-bond donors (Lipinski definition) is 0. The zero-order chi connectivity index (χ0) is 16.1. The maximum absolute atomic E-state index is 13.1. The molecule has 2 nitrogen and oxygen atoms in total. The maximum Gasteiger partial charge on any atom is 0.232 e. The van der Waals surface area contributed by atoms with E-state index in [4.69, 9.17) is 0 Å². The number of hydrogen-bond acceptors (Lipinski definition) is 2. The summed E-state index contributed by atoms with van der Waals surface area (Å²) in [5.41, 5.74) is 1.76. The average molecular weight is 321 g/mol. The number of amides is 1. The number of thioether (sulfide) groups is 1. The van der Waals surface area contributed by atoms with Gasteiger partial charge in [-0.1, -0.05) is 24.3 Å². The molecule has 0 atom stereocenters. The predicted octanol–water partition coefficient (Wildman–Crippen LogP) is 3.88. The molecule has 0 saturated carbocycles. The molecule has 2 aromatic rings. The number of rotatable bonds is 5. The van der Waals surface area contributed by atoms with E-state index < -0.39 is 0 Å². The number of carbonyl (C=O) groups is 1. The van der Waals surface area contributed by atoms with Crippen LogP contribution in [0.3, 0.4) is 0 Å². The molecule has 2 aromatic carbocycles. The second-order valence-corrected chi connectivity index (χ2v) is 6.18. The summed E-state index contributed by atoms with van der Waals surface area (Å²) in [5, 5.41) is -0.148. The van der Waals surface area contributed by atoms with Gasteiger partial charge in [0.15, 0.2) is 0 Å². The lowest BCUT2D eigenvalue weighted by molar-refractivity contribution is -0.125. The van der Waals surface area contributed by atoms with Crippen LogP contribution in [0.4, 0.5) is 8.78 Å². The van der Waals surface area contributed by atoms with Gasteiger partial charge in [0.2, 0.25) is 5.91 Å². The first-order chi connectivity index (χ1) is 10.5. The van der Waals surface area contributed by atoms with Gasteiger partial charge in [0.1, 0.15) is 11.6 Å². The van der Waals surface area contributed by atoms with Crippen molar-refractivity contribution in [2.45, 2.75) is 5.25 Å². The lowest BCUT2D eigenvalue weighted by Gasteiger charge is -2.19. The minimum Gasteiger partial charge on any atom is -0.348 e. The Bertz CT molecular complexity index is 581. The standard InChI is InChI=1S/C17H17F2NOS/c1-20(2)16(21)11-22-17(12-3-7-14(18)8-4-12)13-5-9-15(19)10-6-13/h3-10,17H,11H2,1-2H3. The van der Waals surface area contributed by atoms with Crippen LogP contribution in [0.15, 0.2) is 48.5 Å². The molecule has 5 heteroatoms. The highest BCUT2D eigenvalue weighted by molar-refractivity contribution is 8.00. The smallest absolute Gasteiger partial charge is 0.232 e. The molecule has 0 aromatic heterocycles. The lowest BCUT2D eigenvalue weighted by Crippen LogP contribution is -2.24. The molecule has 0 aliphatic rings. The molecule has 0 N–H and O–H groups in total. The number of carbonyl (C=O) groups excluding carboxylic acids is 1. The summed E-state index contributed by atoms with van der Waals surface area (Å²) in [4.78, 5) is 13.3. The van der Waals surface area contributed by atoms with Gasteiger partial charge in [-0.2, -0.15) is 0 Å². The molecule has 0 heterocycles. The van der Waals surface area contributed by atoms with Gasteiger partial charge in [-0.05, 0) is 35.4 Å². The minimum absolute atomic E-state index is 0.000719. The Morgan fingerprint density at radius 3 is 1.73 bits per heavy atom. The van der Waals surface area contributed by atoms with E-state index in [0.717, 1.165) is 11.1 Å². The van der Waals surface area contributed by atoms with Crippen LogP contribution < -0.4 is 0 Å². The molecule has 1 amide bonds. The largest absolute Gasteiger partial charge is 0.348 e. The summed E-state index contributed by atoms with van der Waals surface area (Å²) >= 11 is 1.44. The van der Waals surface area contributed by atoms with Crippen LogP contribution in [-0.2, 0) is 4.79 Å². The zero-order valence-electron chi connectivity index (χ0n) is 12.4. The lowest BCUT2D eigenvalue weighted by atomic mass is 10.0. The first-order valence-electron chi connectivity index (χ1n) is 6.80. The van der Waals surface area contributed by atoms with Crippen LogP contribution in [0.2, 0.25) is 0 Å². The molecule has 0 spiro atoms. The third kappa shape index (κ3) is 4.31. The summed E-state index contributed by atoms with van der Waals surface area (Å²) in [5.74, 6) is -0.321. The normalized spacial score (nSPS) is 10.8. The molecule has 0 unspecified atom stereocenters. The van der Waals surface area contributed by atoms with Crippen LogP contribution in [-0.4, -0.2) is 30.7 Å². The summed E-state index contributed by atoms with van der Waals surface area (Å²) in [6.45, 7) is 0. The highest BCUT2D eigenvalue weighted by Gasteiger charge is 2.17. The Kier molecular flexibility index (Phi) is 5.55. The highest BCUT2D eigenvalue weighted by atomic mass is 32.2. The van der Waals surface area contributed by atoms with Gasteiger partial charge in [0, 0.05) is 14.1 Å². The van der Waals surface area contributed by atoms with Crippen LogP contribution in [0.25, 0.3) is 0 Å². The summed E-state index contributed by atoms with van der Waals surface area (Å²) in [6.07, 6.45) is 0. The van der Waals surface area contributed by atoms with Crippen molar-refractivity contribution >= 4 is 17.7 Å². The summed E-state index contributed by atoms with van der Waals surface area (Å²) in [7, 11) is 3.40. The summed E-state index contributed by atoms with van der Waals surface area (Å²) < 4.78 is 26.2. The topological polar surface area (TPSA) is 20.3 Å². The van der Waals surface area contributed by atoms with Crippen LogP contribution in [0, 0.1) is 11.6 Å². The van der Waals surface area contributed by atoms with Crippen molar-refractivity contribution in [1.82, 2.24) is 4.90 Å². The van der Waals surface area contributed by atoms with E-state index in [1.807, 2.05) is 0 Å². The molecule has 2 rings (SSSR count). The number of halogens is 2. The van der Waals surface area contributed by atoms with Crippen molar-refractivity contribution in [3.05, 3.63) is 71.3 Å². The summed E-state index contributed by atoms with van der Waals surface area (Å²) in [6, 6.07) is 12.3. The molecule has 22 heavy (non-hydrogen) atoms. The Morgan fingerprint density at radius 2 is 1.36 bits per heavy atom. The van der Waals surface area contributed by atoms with Crippen molar-refractivity contribution in [3.63, 3.8) is 0 Å². The van der Waals surface area contributed by atoms with Crippen LogP contribution in [0.5, 0.6) is 0 Å². The van der Waals surface area contributed by atoms with Crippen molar-refractivity contribution in [3.8, 4) is 0 Å². The van der Waals surface area contributed by atoms with Gasteiger partial charge in [-0.15, -0.1) is 11.8 Å². The monoisotopic (exact) mass is 321 g/mol. The van der Waals surface area contributed by atoms with Gasteiger partial charge >= 0.3 is 0 Å². The number of benzene rings is 2. The van der Waals surface area contributed by atoms with E-state index in [1.54, 1.807) is 38.4 Å². The number of nitrogens with zero attached hydrogens (tertiary/aromatic N) is 1. The van der Waals surface area contributed by atoms with E-state index in [9.17, 15) is 13.6 Å². The molecule has 0 bridgehead atoms. The van der Waals surface area contributed by atoms with Crippen molar-refractivity contribution in [2.24, 2.45) is 0 Å². The van der Waals surface area contributed by atoms with Gasteiger partial charge in [-0.25, -0.2) is 8.78 Å². The molecular formula is C17H17F2NOS. The van der Waals surface area contributed by atoms with Crippen molar-refractivity contribution in [1.29, 1.82) is 0 Å². The predicted molar refractivity (Wildman–Crippen MR) is 85.8 cm³/mol. The molecule has 0 saturated heterocycles. The molecule has 116 valence electrons. The Balaban J connectivity index is 2.25. The Hall–Kier alpha value is -1.88. The first kappa shape index (κ1) is 16.5. The molecule has 0 aliphatic heterocycles. The van der Waals surface area contributed by atoms with E-state index >= 15 is 0 Å². The van der Waals surface area contributed by atoms with E-state index in [1.165, 1.54) is 40.9 Å². The third-order valence-electron chi connectivity index (χ3n) is 3.22. The van der Waals surface area contributed by atoms with Gasteiger partial charge in [-0.3, -0.25) is 4.79 Å². The van der Waals surface area contributed by atoms with Gasteiger partial charge < -0.3 is 4.90 Å². The second kappa shape index (κ2) is 7.40. The van der Waals surface area contributed by atoms with Crippen LogP contribution in [0.1, 0.15) is 16.4 Å². The first-order valence-corrected chi connectivity index (χ1v) is 7.85. The van der Waals surface area contributed by atoms with E-state index in [0.29, 0.717) is 5.75 Å². The third-order valence-corrected chi connectivity index (χ3v) is 4.51. The van der Waals surface area contributed by atoms with Crippen molar-refractivity contribution < 1.29 is 13.6 Å². The fourth-order valence-corrected chi connectivity index (χ4v) is 3.21. The Labute approximate surface area is 133 Å². The van der Waals surface area contributed by atoms with E-state index in [2.05, 4.69) is 0 Å². The molecular weight excluding hydrogens is 304 g/mol. The van der Waals surface area contributed by atoms with Crippen molar-refractivity contribution in [2.75, 3.05) is 19.8 Å². The molecule has 0 radical (unpaired) electrons. The van der Waals surface area contributed by atoms with Crippen LogP contribution >= 0.6 is 11.8 Å². The average Bonchev–Trinajstić information content (AvgIpc) is 2.50. The molecule has 0 aliphatic carbocycles. The SMILES string of the molecule is CN(C)C(=O)CSC(c1ccc(F)cc1)c1ccc(F)cc1. The fraction of sp³-hybridized carbons (Fsp3) is 0.235. The fourth-order valence-electron chi connectivity index (χ4n) is 1.94. The maximum atomic E-state index is 13.1. The zero-order valence-corrected chi connectivity index (χ0v) is 13.2. The van der Waals surface area contributed by atoms with E-state index in [-0.39, 0.29) is 22.8 Å².